The fourth-order valence-electron chi connectivity index (χ4n) is 8.28. The topological polar surface area (TPSA) is 36.9 Å². The van der Waals surface area contributed by atoms with Crippen molar-refractivity contribution in [2.75, 3.05) is 28.4 Å². The number of hydrogen-bond acceptors (Lipinski definition) is 4. The number of ether oxygens (including phenoxy) is 4. The van der Waals surface area contributed by atoms with Gasteiger partial charge in [-0.15, -0.1) is 0 Å². The average Bonchev–Trinajstić information content (AvgIpc) is 3.07. The van der Waals surface area contributed by atoms with E-state index in [0.29, 0.717) is 0 Å². The van der Waals surface area contributed by atoms with Gasteiger partial charge in [0.05, 0.1) is 28.4 Å². The Balaban J connectivity index is 1.50. The van der Waals surface area contributed by atoms with Crippen molar-refractivity contribution in [1.82, 2.24) is 0 Å². The Morgan fingerprint density at radius 2 is 0.614 bits per heavy atom. The Bertz CT molecular complexity index is 2050. The predicted octanol–water partition coefficient (Wildman–Crippen LogP) is 9.32. The highest BCUT2D eigenvalue weighted by Crippen LogP contribution is 2.66. The molecule has 0 unspecified atom stereocenters. The molecule has 44 heavy (non-hydrogen) atoms. The molecule has 4 nitrogen and oxygen atoms in total. The van der Waals surface area contributed by atoms with Crippen LogP contribution in [0.2, 0.25) is 0 Å². The molecule has 0 amide bonds. The summed E-state index contributed by atoms with van der Waals surface area (Å²) in [4.78, 5) is 0. The maximum Gasteiger partial charge on any atom is 0.131 e. The summed E-state index contributed by atoms with van der Waals surface area (Å²) < 4.78 is 25.6. The smallest absolute Gasteiger partial charge is 0.131 e. The first-order valence-corrected chi connectivity index (χ1v) is 15.0. The molecule has 0 fully saturated rings. The normalized spacial score (nSPS) is 16.2. The van der Waals surface area contributed by atoms with Gasteiger partial charge in [0.1, 0.15) is 23.0 Å². The van der Waals surface area contributed by atoms with Crippen LogP contribution < -0.4 is 18.9 Å². The SMILES string of the molecule is COc1c2c(c(OC)c3cc4ccccc4cc13)C1c3ccccc3C2c2c1c(OC)c1cc3ccccc3cc1c2OC. The molecule has 7 aromatic rings. The van der Waals surface area contributed by atoms with E-state index in [1.165, 1.54) is 32.7 Å². The fraction of sp³-hybridized carbons (Fsp3) is 0.150. The lowest BCUT2D eigenvalue weighted by atomic mass is 9.59. The molecule has 0 radical (unpaired) electrons. The van der Waals surface area contributed by atoms with Crippen LogP contribution in [0.15, 0.2) is 97.1 Å². The number of hydrogen-bond donors (Lipinski definition) is 0. The Morgan fingerprint density at radius 1 is 0.364 bits per heavy atom. The maximum absolute atomic E-state index is 6.40. The molecule has 4 heteroatoms. The summed E-state index contributed by atoms with van der Waals surface area (Å²) in [5.74, 6) is 3.27. The molecular weight excluding hydrogens is 544 g/mol. The van der Waals surface area contributed by atoms with Gasteiger partial charge in [-0.3, -0.25) is 0 Å². The van der Waals surface area contributed by atoms with Gasteiger partial charge in [-0.1, -0.05) is 72.8 Å². The van der Waals surface area contributed by atoms with Crippen LogP contribution in [0.5, 0.6) is 23.0 Å². The molecule has 0 saturated heterocycles. The van der Waals surface area contributed by atoms with Gasteiger partial charge >= 0.3 is 0 Å². The second-order valence-corrected chi connectivity index (χ2v) is 11.8. The zero-order chi connectivity index (χ0) is 29.7. The summed E-state index contributed by atoms with van der Waals surface area (Å²) in [7, 11) is 7.15. The minimum absolute atomic E-state index is 0.138. The summed E-state index contributed by atoms with van der Waals surface area (Å²) in [6.45, 7) is 0. The minimum Gasteiger partial charge on any atom is -0.496 e. The highest BCUT2D eigenvalue weighted by Gasteiger charge is 2.49. The molecule has 0 N–H and O–H groups in total. The number of benzene rings is 7. The average molecular weight is 575 g/mol. The van der Waals surface area contributed by atoms with E-state index in [-0.39, 0.29) is 11.8 Å². The lowest BCUT2D eigenvalue weighted by Crippen LogP contribution is -2.30. The second kappa shape index (κ2) is 9.14. The van der Waals surface area contributed by atoms with Crippen molar-refractivity contribution in [3.05, 3.63) is 130 Å². The Kier molecular flexibility index (Phi) is 5.25. The number of fused-ring (bicyclic) bond motifs is 4. The highest BCUT2D eigenvalue weighted by atomic mass is 16.5. The lowest BCUT2D eigenvalue weighted by molar-refractivity contribution is 0.384. The molecule has 2 bridgehead atoms. The fourth-order valence-corrected chi connectivity index (χ4v) is 8.28. The molecule has 0 aromatic heterocycles. The van der Waals surface area contributed by atoms with Crippen LogP contribution in [0.25, 0.3) is 43.1 Å². The third kappa shape index (κ3) is 3.07. The highest BCUT2D eigenvalue weighted by molar-refractivity contribution is 6.09. The van der Waals surface area contributed by atoms with Crippen molar-refractivity contribution in [2.45, 2.75) is 11.8 Å². The first-order chi connectivity index (χ1) is 21.7. The van der Waals surface area contributed by atoms with Gasteiger partial charge in [-0.05, 0) is 56.9 Å². The summed E-state index contributed by atoms with van der Waals surface area (Å²) in [6.07, 6.45) is 0. The Morgan fingerprint density at radius 3 is 0.864 bits per heavy atom. The maximum atomic E-state index is 6.40. The number of rotatable bonds is 4. The van der Waals surface area contributed by atoms with E-state index in [1.807, 2.05) is 0 Å². The Hall–Kier alpha value is -5.22. The minimum atomic E-state index is -0.138. The van der Waals surface area contributed by atoms with Crippen LogP contribution in [-0.2, 0) is 0 Å². The van der Waals surface area contributed by atoms with E-state index >= 15 is 0 Å². The standard InChI is InChI=1S/C40H30O4/c1-41-37-27-17-21-11-5-6-12-22(21)18-28(27)38(42-2)34-32-26-16-10-9-15-25(26)31(33(34)37)35-36(32)40(44-4)30-20-24-14-8-7-13-23(24)19-29(30)39(35)43-3/h5-20,31-32H,1-4H3. The van der Waals surface area contributed by atoms with E-state index in [0.717, 1.165) is 66.8 Å². The molecule has 3 aliphatic carbocycles. The van der Waals surface area contributed by atoms with Gasteiger partial charge in [0.15, 0.2) is 0 Å². The molecule has 214 valence electrons. The molecular formula is C40H30O4. The van der Waals surface area contributed by atoms with E-state index in [1.54, 1.807) is 28.4 Å². The van der Waals surface area contributed by atoms with Gasteiger partial charge < -0.3 is 18.9 Å². The molecule has 0 spiro atoms. The summed E-state index contributed by atoms with van der Waals surface area (Å²) in [6, 6.07) is 34.7. The molecule has 0 saturated carbocycles. The van der Waals surface area contributed by atoms with Gasteiger partial charge in [0.2, 0.25) is 0 Å². The van der Waals surface area contributed by atoms with Crippen molar-refractivity contribution in [3.63, 3.8) is 0 Å². The van der Waals surface area contributed by atoms with E-state index in [4.69, 9.17) is 18.9 Å². The molecule has 0 heterocycles. The van der Waals surface area contributed by atoms with Crippen molar-refractivity contribution >= 4 is 43.1 Å². The van der Waals surface area contributed by atoms with Crippen LogP contribution in [-0.4, -0.2) is 28.4 Å². The van der Waals surface area contributed by atoms with Crippen LogP contribution in [0, 0.1) is 0 Å². The van der Waals surface area contributed by atoms with Crippen LogP contribution in [0.3, 0.4) is 0 Å². The van der Waals surface area contributed by atoms with Gasteiger partial charge in [0.25, 0.3) is 0 Å². The third-order valence-electron chi connectivity index (χ3n) is 9.90. The van der Waals surface area contributed by atoms with E-state index < -0.39 is 0 Å². The lowest BCUT2D eigenvalue weighted by Gasteiger charge is -2.45. The van der Waals surface area contributed by atoms with Gasteiger partial charge in [0, 0.05) is 55.6 Å². The van der Waals surface area contributed by atoms with Gasteiger partial charge in [-0.25, -0.2) is 0 Å². The van der Waals surface area contributed by atoms with Crippen molar-refractivity contribution in [2.24, 2.45) is 0 Å². The Labute approximate surface area is 255 Å². The van der Waals surface area contributed by atoms with Crippen LogP contribution >= 0.6 is 0 Å². The summed E-state index contributed by atoms with van der Waals surface area (Å²) >= 11 is 0. The zero-order valence-electron chi connectivity index (χ0n) is 25.0. The predicted molar refractivity (Wildman–Crippen MR) is 177 cm³/mol. The van der Waals surface area contributed by atoms with Crippen molar-refractivity contribution in [1.29, 1.82) is 0 Å². The van der Waals surface area contributed by atoms with E-state index in [9.17, 15) is 0 Å². The molecule has 7 aromatic carbocycles. The number of methoxy groups -OCH3 is 4. The summed E-state index contributed by atoms with van der Waals surface area (Å²) in [5.41, 5.74) is 7.09. The molecule has 0 atom stereocenters. The third-order valence-corrected chi connectivity index (χ3v) is 9.90. The molecule has 0 aliphatic heterocycles. The first-order valence-electron chi connectivity index (χ1n) is 15.0. The summed E-state index contributed by atoms with van der Waals surface area (Å²) in [5, 5.41) is 8.85. The van der Waals surface area contributed by atoms with Crippen molar-refractivity contribution < 1.29 is 18.9 Å². The monoisotopic (exact) mass is 574 g/mol. The van der Waals surface area contributed by atoms with E-state index in [2.05, 4.69) is 97.1 Å². The molecule has 10 rings (SSSR count). The van der Waals surface area contributed by atoms with Crippen molar-refractivity contribution in [3.8, 4) is 23.0 Å². The first kappa shape index (κ1) is 25.3. The molecule has 3 aliphatic rings. The largest absolute Gasteiger partial charge is 0.496 e. The van der Waals surface area contributed by atoms with Crippen LogP contribution in [0.4, 0.5) is 0 Å². The zero-order valence-corrected chi connectivity index (χ0v) is 25.0. The quantitative estimate of drug-likeness (QED) is 0.196. The second-order valence-electron chi connectivity index (χ2n) is 11.8. The van der Waals surface area contributed by atoms with Gasteiger partial charge in [-0.2, -0.15) is 0 Å². The van der Waals surface area contributed by atoms with Crippen LogP contribution in [0.1, 0.15) is 45.2 Å².